The average Bonchev–Trinajstić information content (AvgIpc) is 3.11. The second kappa shape index (κ2) is 35.7. The van der Waals surface area contributed by atoms with Crippen molar-refractivity contribution < 1.29 is 53.6 Å². The summed E-state index contributed by atoms with van der Waals surface area (Å²) in [5.74, 6) is -3.71. The minimum Gasteiger partial charge on any atom is -0.481 e. The fourth-order valence-corrected chi connectivity index (χ4v) is 5.72. The molecule has 15 heteroatoms. The number of unbranched alkanes of at least 4 members (excludes halogenated alkanes) is 16. The Morgan fingerprint density at radius 3 is 1.47 bits per heavy atom. The minimum absolute atomic E-state index is 0.0152. The summed E-state index contributed by atoms with van der Waals surface area (Å²) in [5, 5.41) is 37.7. The Labute approximate surface area is 316 Å². The number of carbonyl (C=O) groups excluding carboxylic acids is 3. The Bertz CT molecular complexity index is 999. The Morgan fingerprint density at radius 2 is 0.962 bits per heavy atom. The molecular formula is C38H70N4O11. The molecule has 7 N–H and O–H groups in total. The standard InChI is InChI=1S/C38H70N4O11/c1-39-31(37(48)49)20-18-19-25-40-35(45)30-53-29-28-52-27-26-41-33(43)24-23-32(38(50)51)42-34(44)21-16-14-12-10-8-6-4-2-3-5-7-9-11-13-15-17-22-36(46)47/h31-32,39H,2-30H2,1H3,(H,40,45)(H,41,43)(H,42,44)(H,46,47)(H,48,49)(H,50,51)/t31-,32?/m0/s1. The summed E-state index contributed by atoms with van der Waals surface area (Å²) in [7, 11) is 1.60. The van der Waals surface area contributed by atoms with Gasteiger partial charge in [-0.25, -0.2) is 4.79 Å². The van der Waals surface area contributed by atoms with Gasteiger partial charge in [0.05, 0.1) is 19.8 Å². The van der Waals surface area contributed by atoms with Gasteiger partial charge in [0, 0.05) is 32.4 Å². The Hall–Kier alpha value is -3.30. The number of carboxylic acids is 3. The van der Waals surface area contributed by atoms with Crippen LogP contribution < -0.4 is 21.3 Å². The van der Waals surface area contributed by atoms with Crippen molar-refractivity contribution in [1.82, 2.24) is 21.3 Å². The SMILES string of the molecule is CN[C@@H](CCCCNC(=O)COCCOCCNC(=O)CCC(NC(=O)CCCCCCCCCCCCCCCCCCC(=O)O)C(=O)O)C(=O)O. The summed E-state index contributed by atoms with van der Waals surface area (Å²) in [4.78, 5) is 69.3. The van der Waals surface area contributed by atoms with Crippen molar-refractivity contribution in [2.45, 2.75) is 160 Å². The zero-order valence-electron chi connectivity index (χ0n) is 32.3. The molecule has 0 spiro atoms. The highest BCUT2D eigenvalue weighted by atomic mass is 16.5. The molecule has 3 amide bonds. The number of rotatable bonds is 39. The number of amides is 3. The first-order valence-electron chi connectivity index (χ1n) is 19.9. The summed E-state index contributed by atoms with van der Waals surface area (Å²) < 4.78 is 10.6. The van der Waals surface area contributed by atoms with E-state index < -0.39 is 30.0 Å². The van der Waals surface area contributed by atoms with Crippen LogP contribution in [-0.2, 0) is 38.2 Å². The molecule has 2 atom stereocenters. The van der Waals surface area contributed by atoms with E-state index in [0.29, 0.717) is 32.2 Å². The summed E-state index contributed by atoms with van der Waals surface area (Å²) in [6.07, 6.45) is 20.2. The van der Waals surface area contributed by atoms with Crippen molar-refractivity contribution >= 4 is 35.6 Å². The van der Waals surface area contributed by atoms with Gasteiger partial charge in [-0.15, -0.1) is 0 Å². The molecule has 308 valence electrons. The van der Waals surface area contributed by atoms with Crippen molar-refractivity contribution in [3.63, 3.8) is 0 Å². The van der Waals surface area contributed by atoms with E-state index in [2.05, 4.69) is 21.3 Å². The molecule has 0 saturated carbocycles. The lowest BCUT2D eigenvalue weighted by atomic mass is 10.0. The third kappa shape index (κ3) is 34.2. The van der Waals surface area contributed by atoms with Gasteiger partial charge in [0.1, 0.15) is 18.7 Å². The topological polar surface area (TPSA) is 230 Å². The second-order valence-electron chi connectivity index (χ2n) is 13.6. The first-order chi connectivity index (χ1) is 25.6. The summed E-state index contributed by atoms with van der Waals surface area (Å²) in [6, 6.07) is -1.72. The lowest BCUT2D eigenvalue weighted by Gasteiger charge is -2.14. The fraction of sp³-hybridized carbons (Fsp3) is 0.842. The lowest BCUT2D eigenvalue weighted by molar-refractivity contribution is -0.142. The molecule has 0 aromatic heterocycles. The van der Waals surface area contributed by atoms with Crippen molar-refractivity contribution in [3.8, 4) is 0 Å². The molecule has 53 heavy (non-hydrogen) atoms. The van der Waals surface area contributed by atoms with Gasteiger partial charge in [0.15, 0.2) is 0 Å². The van der Waals surface area contributed by atoms with Gasteiger partial charge in [-0.05, 0) is 45.6 Å². The first-order valence-corrected chi connectivity index (χ1v) is 19.9. The van der Waals surface area contributed by atoms with E-state index in [4.69, 9.17) is 19.7 Å². The van der Waals surface area contributed by atoms with Crippen LogP contribution in [0.15, 0.2) is 0 Å². The average molecular weight is 759 g/mol. The van der Waals surface area contributed by atoms with Crippen LogP contribution in [0.3, 0.4) is 0 Å². The fourth-order valence-electron chi connectivity index (χ4n) is 5.72. The van der Waals surface area contributed by atoms with Gasteiger partial charge in [0.2, 0.25) is 17.7 Å². The molecule has 0 aromatic carbocycles. The predicted molar refractivity (Wildman–Crippen MR) is 202 cm³/mol. The molecule has 15 nitrogen and oxygen atoms in total. The Balaban J connectivity index is 3.68. The van der Waals surface area contributed by atoms with E-state index in [-0.39, 0.29) is 76.4 Å². The number of carboxylic acid groups (broad SMARTS) is 3. The highest BCUT2D eigenvalue weighted by molar-refractivity contribution is 5.84. The Morgan fingerprint density at radius 1 is 0.472 bits per heavy atom. The van der Waals surface area contributed by atoms with Crippen LogP contribution in [0.2, 0.25) is 0 Å². The number of carbonyl (C=O) groups is 6. The third-order valence-electron chi connectivity index (χ3n) is 8.90. The zero-order chi connectivity index (χ0) is 39.4. The van der Waals surface area contributed by atoms with E-state index in [0.717, 1.165) is 38.5 Å². The van der Waals surface area contributed by atoms with Crippen LogP contribution >= 0.6 is 0 Å². The molecule has 0 fully saturated rings. The molecule has 0 aromatic rings. The van der Waals surface area contributed by atoms with E-state index in [1.807, 2.05) is 0 Å². The van der Waals surface area contributed by atoms with Gasteiger partial charge in [0.25, 0.3) is 0 Å². The van der Waals surface area contributed by atoms with Crippen LogP contribution in [-0.4, -0.2) is 110 Å². The number of likely N-dealkylation sites (N-methyl/N-ethyl adjacent to an activating group) is 1. The number of aliphatic carboxylic acids is 3. The highest BCUT2D eigenvalue weighted by Crippen LogP contribution is 2.14. The number of ether oxygens (including phenoxy) is 2. The number of hydrogen-bond donors (Lipinski definition) is 7. The predicted octanol–water partition coefficient (Wildman–Crippen LogP) is 4.55. The van der Waals surface area contributed by atoms with E-state index >= 15 is 0 Å². The normalized spacial score (nSPS) is 12.2. The molecule has 1 unspecified atom stereocenters. The van der Waals surface area contributed by atoms with Crippen molar-refractivity contribution in [2.75, 3.05) is 46.6 Å². The number of nitrogens with one attached hydrogen (secondary N) is 4. The van der Waals surface area contributed by atoms with Crippen molar-refractivity contribution in [1.29, 1.82) is 0 Å². The maximum atomic E-state index is 12.3. The maximum Gasteiger partial charge on any atom is 0.326 e. The van der Waals surface area contributed by atoms with E-state index in [1.54, 1.807) is 7.05 Å². The number of hydrogen-bond acceptors (Lipinski definition) is 9. The summed E-state index contributed by atoms with van der Waals surface area (Å²) in [5.41, 5.74) is 0. The van der Waals surface area contributed by atoms with E-state index in [1.165, 1.54) is 57.8 Å². The van der Waals surface area contributed by atoms with Crippen LogP contribution in [0.5, 0.6) is 0 Å². The van der Waals surface area contributed by atoms with Crippen LogP contribution in [0.4, 0.5) is 0 Å². The molecule has 0 aliphatic heterocycles. The van der Waals surface area contributed by atoms with Crippen molar-refractivity contribution in [3.05, 3.63) is 0 Å². The summed E-state index contributed by atoms with van der Waals surface area (Å²) in [6.45, 7) is 1.15. The van der Waals surface area contributed by atoms with Gasteiger partial charge < -0.3 is 46.1 Å². The van der Waals surface area contributed by atoms with Crippen LogP contribution in [0.1, 0.15) is 148 Å². The Kier molecular flexibility index (Phi) is 33.5. The molecule has 0 radical (unpaired) electrons. The zero-order valence-corrected chi connectivity index (χ0v) is 32.3. The molecule has 0 rings (SSSR count). The smallest absolute Gasteiger partial charge is 0.326 e. The van der Waals surface area contributed by atoms with Crippen LogP contribution in [0, 0.1) is 0 Å². The summed E-state index contributed by atoms with van der Waals surface area (Å²) >= 11 is 0. The second-order valence-corrected chi connectivity index (χ2v) is 13.6. The van der Waals surface area contributed by atoms with Gasteiger partial charge in [-0.1, -0.05) is 89.9 Å². The van der Waals surface area contributed by atoms with Gasteiger partial charge in [-0.3, -0.25) is 24.0 Å². The van der Waals surface area contributed by atoms with Crippen molar-refractivity contribution in [2.24, 2.45) is 0 Å². The molecule has 0 aliphatic carbocycles. The van der Waals surface area contributed by atoms with E-state index in [9.17, 15) is 33.9 Å². The van der Waals surface area contributed by atoms with Gasteiger partial charge >= 0.3 is 17.9 Å². The minimum atomic E-state index is -1.17. The first kappa shape index (κ1) is 49.7. The highest BCUT2D eigenvalue weighted by Gasteiger charge is 2.21. The third-order valence-corrected chi connectivity index (χ3v) is 8.90. The molecule has 0 heterocycles. The monoisotopic (exact) mass is 759 g/mol. The molecule has 0 bridgehead atoms. The lowest BCUT2D eigenvalue weighted by Crippen LogP contribution is -2.41. The maximum absolute atomic E-state index is 12.3. The molecular weight excluding hydrogens is 688 g/mol. The molecule has 0 aliphatic rings. The largest absolute Gasteiger partial charge is 0.481 e. The quantitative estimate of drug-likeness (QED) is 0.0429. The molecule has 0 saturated heterocycles. The van der Waals surface area contributed by atoms with Crippen LogP contribution in [0.25, 0.3) is 0 Å². The van der Waals surface area contributed by atoms with Gasteiger partial charge in [-0.2, -0.15) is 0 Å².